The zero-order chi connectivity index (χ0) is 29.1. The van der Waals surface area contributed by atoms with Crippen LogP contribution in [-0.2, 0) is 0 Å². The molecule has 8 heteroatoms. The van der Waals surface area contributed by atoms with Gasteiger partial charge in [0, 0.05) is 18.8 Å². The molecule has 0 saturated heterocycles. The fourth-order valence-corrected chi connectivity index (χ4v) is 5.04. The molecule has 0 amide bonds. The number of aromatic nitrogens is 3. The molecule has 5 rings (SSSR count). The van der Waals surface area contributed by atoms with Gasteiger partial charge in [-0.15, -0.1) is 5.73 Å². The van der Waals surface area contributed by atoms with E-state index in [-0.39, 0.29) is 33.4 Å². The van der Waals surface area contributed by atoms with Gasteiger partial charge >= 0.3 is 5.97 Å². The molecule has 0 aliphatic rings. The standard InChI is InChI=1S/C33H30N4O4/c1-4-35(5-2)24-20-18-23(19-21-24)12-11-16-26-22(3)29-30(34-37(32(29)39)25-13-7-6-8-14-25)36(31(26)38)28-17-10-9-15-27(28)33(40)41/h6-10,12-21,34H,4-5H2,1-3H3,(H,40,41). The molecule has 206 valence electrons. The van der Waals surface area contributed by atoms with E-state index in [1.807, 2.05) is 30.3 Å². The van der Waals surface area contributed by atoms with Gasteiger partial charge in [-0.3, -0.25) is 19.3 Å². The van der Waals surface area contributed by atoms with Gasteiger partial charge < -0.3 is 10.0 Å². The van der Waals surface area contributed by atoms with Crippen LogP contribution in [0.2, 0.25) is 0 Å². The van der Waals surface area contributed by atoms with Crippen LogP contribution in [0.4, 0.5) is 5.69 Å². The van der Waals surface area contributed by atoms with Crippen LogP contribution in [0.25, 0.3) is 34.6 Å². The Balaban J connectivity index is 1.73. The minimum atomic E-state index is -1.18. The first kappa shape index (κ1) is 27.2. The number of aromatic carboxylic acids is 1. The molecule has 2 heterocycles. The Morgan fingerprint density at radius 2 is 1.56 bits per heavy atom. The third-order valence-electron chi connectivity index (χ3n) is 7.20. The Bertz CT molecular complexity index is 1920. The topological polar surface area (TPSA) is 100 Å². The van der Waals surface area contributed by atoms with Crippen LogP contribution >= 0.6 is 0 Å². The van der Waals surface area contributed by atoms with Gasteiger partial charge in [-0.2, -0.15) is 0 Å². The van der Waals surface area contributed by atoms with E-state index < -0.39 is 11.5 Å². The number of rotatable bonds is 8. The van der Waals surface area contributed by atoms with Crippen molar-refractivity contribution < 1.29 is 9.90 Å². The Labute approximate surface area is 236 Å². The fourth-order valence-electron chi connectivity index (χ4n) is 5.04. The lowest BCUT2D eigenvalue weighted by atomic mass is 10.1. The van der Waals surface area contributed by atoms with Crippen molar-refractivity contribution in [2.45, 2.75) is 20.8 Å². The van der Waals surface area contributed by atoms with Crippen molar-refractivity contribution in [1.29, 1.82) is 0 Å². The van der Waals surface area contributed by atoms with Crippen LogP contribution in [0, 0.1) is 6.92 Å². The Morgan fingerprint density at radius 1 is 0.902 bits per heavy atom. The second kappa shape index (κ2) is 11.4. The lowest BCUT2D eigenvalue weighted by Gasteiger charge is -2.20. The summed E-state index contributed by atoms with van der Waals surface area (Å²) in [5.74, 6) is -1.18. The van der Waals surface area contributed by atoms with Crippen LogP contribution in [0.15, 0.2) is 94.2 Å². The second-order valence-corrected chi connectivity index (χ2v) is 9.53. The van der Waals surface area contributed by atoms with Gasteiger partial charge in [-0.25, -0.2) is 9.48 Å². The van der Waals surface area contributed by atoms with Crippen molar-refractivity contribution in [3.63, 3.8) is 0 Å². The van der Waals surface area contributed by atoms with Crippen LogP contribution in [0.1, 0.15) is 40.9 Å². The Kier molecular flexibility index (Phi) is 7.59. The van der Waals surface area contributed by atoms with Crippen LogP contribution in [0.3, 0.4) is 0 Å². The number of hydrogen-bond donors (Lipinski definition) is 2. The average Bonchev–Trinajstić information content (AvgIpc) is 3.33. The summed E-state index contributed by atoms with van der Waals surface area (Å²) in [5.41, 5.74) is 5.92. The summed E-state index contributed by atoms with van der Waals surface area (Å²) >= 11 is 0. The monoisotopic (exact) mass is 546 g/mol. The van der Waals surface area contributed by atoms with Crippen molar-refractivity contribution in [3.05, 3.63) is 128 Å². The van der Waals surface area contributed by atoms with Crippen molar-refractivity contribution in [2.75, 3.05) is 18.0 Å². The number of pyridine rings is 1. The molecular formula is C33H30N4O4. The summed E-state index contributed by atoms with van der Waals surface area (Å²) in [6, 6.07) is 23.3. The van der Waals surface area contributed by atoms with E-state index in [0.29, 0.717) is 11.3 Å². The summed E-state index contributed by atoms with van der Waals surface area (Å²) in [6.45, 7) is 7.76. The van der Waals surface area contributed by atoms with Gasteiger partial charge in [-0.1, -0.05) is 42.5 Å². The second-order valence-electron chi connectivity index (χ2n) is 9.53. The van der Waals surface area contributed by atoms with E-state index in [4.69, 9.17) is 0 Å². The molecule has 0 unspecified atom stereocenters. The fraction of sp³-hybridized carbons (Fsp3) is 0.152. The van der Waals surface area contributed by atoms with Crippen molar-refractivity contribution >= 4 is 34.8 Å². The molecule has 2 N–H and O–H groups in total. The van der Waals surface area contributed by atoms with Gasteiger partial charge in [0.15, 0.2) is 0 Å². The van der Waals surface area contributed by atoms with E-state index in [2.05, 4.69) is 29.6 Å². The lowest BCUT2D eigenvalue weighted by molar-refractivity contribution is 0.0697. The predicted octanol–water partition coefficient (Wildman–Crippen LogP) is 5.65. The Hall–Kier alpha value is -5.33. The number of carboxylic acid groups (broad SMARTS) is 1. The largest absolute Gasteiger partial charge is 0.478 e. The number of carboxylic acids is 1. The molecule has 41 heavy (non-hydrogen) atoms. The normalized spacial score (nSPS) is 10.8. The summed E-state index contributed by atoms with van der Waals surface area (Å²) < 4.78 is 2.62. The molecule has 0 atom stereocenters. The highest BCUT2D eigenvalue weighted by Gasteiger charge is 2.23. The SMILES string of the molecule is CCN(CC)c1ccc(C=C=Cc2c(C)c3c(=O)n(-c4ccccc4)[nH]c3n(-c3ccccc3C(=O)O)c2=O)cc1. The zero-order valence-corrected chi connectivity index (χ0v) is 23.1. The number of para-hydroxylation sites is 2. The van der Waals surface area contributed by atoms with Crippen molar-refractivity contribution in [1.82, 2.24) is 14.3 Å². The highest BCUT2D eigenvalue weighted by molar-refractivity contribution is 5.93. The molecule has 0 fully saturated rings. The average molecular weight is 547 g/mol. The van der Waals surface area contributed by atoms with E-state index in [9.17, 15) is 19.5 Å². The van der Waals surface area contributed by atoms with Gasteiger partial charge in [0.1, 0.15) is 5.65 Å². The summed E-state index contributed by atoms with van der Waals surface area (Å²) in [5, 5.41) is 13.2. The third kappa shape index (κ3) is 5.04. The quantitative estimate of drug-likeness (QED) is 0.245. The molecule has 8 nitrogen and oxygen atoms in total. The first-order valence-corrected chi connectivity index (χ1v) is 13.4. The zero-order valence-electron chi connectivity index (χ0n) is 23.1. The van der Waals surface area contributed by atoms with Crippen molar-refractivity contribution in [3.8, 4) is 11.4 Å². The summed E-state index contributed by atoms with van der Waals surface area (Å²) in [6.07, 6.45) is 3.32. The predicted molar refractivity (Wildman–Crippen MR) is 164 cm³/mol. The highest BCUT2D eigenvalue weighted by Crippen LogP contribution is 2.23. The molecule has 3 aromatic carbocycles. The molecule has 0 spiro atoms. The summed E-state index contributed by atoms with van der Waals surface area (Å²) in [4.78, 5) is 42.1. The van der Waals surface area contributed by atoms with Gasteiger partial charge in [0.05, 0.1) is 27.9 Å². The maximum absolute atomic E-state index is 14.0. The number of carbonyl (C=O) groups is 1. The number of anilines is 1. The number of nitrogens with zero attached hydrogens (tertiary/aromatic N) is 3. The maximum atomic E-state index is 14.0. The molecule has 0 aliphatic heterocycles. The molecule has 0 bridgehead atoms. The number of hydrogen-bond acceptors (Lipinski definition) is 4. The number of aromatic amines is 1. The lowest BCUT2D eigenvalue weighted by Crippen LogP contribution is -2.25. The highest BCUT2D eigenvalue weighted by atomic mass is 16.4. The van der Waals surface area contributed by atoms with Gasteiger partial charge in [-0.05, 0) is 80.4 Å². The number of nitrogens with one attached hydrogen (secondary N) is 1. The smallest absolute Gasteiger partial charge is 0.337 e. The van der Waals surface area contributed by atoms with E-state index in [1.54, 1.807) is 61.5 Å². The molecule has 2 aromatic heterocycles. The van der Waals surface area contributed by atoms with Crippen LogP contribution in [-0.4, -0.2) is 38.5 Å². The number of H-pyrrole nitrogens is 1. The van der Waals surface area contributed by atoms with E-state index >= 15 is 0 Å². The van der Waals surface area contributed by atoms with Crippen LogP contribution in [0.5, 0.6) is 0 Å². The molecule has 5 aromatic rings. The summed E-state index contributed by atoms with van der Waals surface area (Å²) in [7, 11) is 0. The van der Waals surface area contributed by atoms with E-state index in [0.717, 1.165) is 24.3 Å². The third-order valence-corrected chi connectivity index (χ3v) is 7.20. The van der Waals surface area contributed by atoms with Gasteiger partial charge in [0.2, 0.25) is 0 Å². The molecule has 0 aliphatic carbocycles. The number of benzene rings is 3. The van der Waals surface area contributed by atoms with Crippen molar-refractivity contribution in [2.24, 2.45) is 0 Å². The minimum absolute atomic E-state index is 0.0631. The van der Waals surface area contributed by atoms with E-state index in [1.165, 1.54) is 15.3 Å². The molecule has 0 radical (unpaired) electrons. The first-order chi connectivity index (χ1) is 19.8. The molecule has 0 saturated carbocycles. The number of aryl methyl sites for hydroxylation is 1. The Morgan fingerprint density at radius 3 is 2.22 bits per heavy atom. The van der Waals surface area contributed by atoms with Gasteiger partial charge in [0.25, 0.3) is 11.1 Å². The van der Waals surface area contributed by atoms with Crippen LogP contribution < -0.4 is 16.0 Å². The maximum Gasteiger partial charge on any atom is 0.337 e. The first-order valence-electron chi connectivity index (χ1n) is 13.4. The minimum Gasteiger partial charge on any atom is -0.478 e. The number of fused-ring (bicyclic) bond motifs is 1. The molecular weight excluding hydrogens is 516 g/mol.